The zero-order chi connectivity index (χ0) is 15.4. The SMILES string of the molecule is CCOC(=O)C(C)N(OC)C(=O)c1sc(Cl)c(Cl)c1Cl. The topological polar surface area (TPSA) is 55.8 Å². The summed E-state index contributed by atoms with van der Waals surface area (Å²) in [5.74, 6) is -1.20. The van der Waals surface area contributed by atoms with E-state index in [0.29, 0.717) is 0 Å². The van der Waals surface area contributed by atoms with Crippen LogP contribution in [0, 0.1) is 0 Å². The van der Waals surface area contributed by atoms with E-state index in [9.17, 15) is 9.59 Å². The Morgan fingerprint density at radius 1 is 1.30 bits per heavy atom. The van der Waals surface area contributed by atoms with Gasteiger partial charge in [0, 0.05) is 0 Å². The van der Waals surface area contributed by atoms with Gasteiger partial charge in [0.2, 0.25) is 0 Å². The van der Waals surface area contributed by atoms with Crippen LogP contribution in [0.2, 0.25) is 14.4 Å². The van der Waals surface area contributed by atoms with Gasteiger partial charge in [-0.3, -0.25) is 9.63 Å². The molecule has 0 radical (unpaired) electrons. The number of esters is 1. The normalized spacial score (nSPS) is 12.1. The fraction of sp³-hybridized carbons (Fsp3) is 0.455. The van der Waals surface area contributed by atoms with Crippen molar-refractivity contribution < 1.29 is 19.2 Å². The summed E-state index contributed by atoms with van der Waals surface area (Å²) < 4.78 is 5.03. The van der Waals surface area contributed by atoms with E-state index >= 15 is 0 Å². The molecule has 0 saturated carbocycles. The first-order valence-corrected chi connectivity index (χ1v) is 7.47. The average Bonchev–Trinajstić information content (AvgIpc) is 2.67. The highest BCUT2D eigenvalue weighted by atomic mass is 35.5. The largest absolute Gasteiger partial charge is 0.464 e. The van der Waals surface area contributed by atoms with Crippen molar-refractivity contribution in [3.63, 3.8) is 0 Å². The minimum Gasteiger partial charge on any atom is -0.464 e. The van der Waals surface area contributed by atoms with Gasteiger partial charge in [0.1, 0.15) is 9.21 Å². The van der Waals surface area contributed by atoms with E-state index in [1.807, 2.05) is 0 Å². The van der Waals surface area contributed by atoms with E-state index < -0.39 is 17.9 Å². The number of nitrogens with zero attached hydrogens (tertiary/aromatic N) is 1. The summed E-state index contributed by atoms with van der Waals surface area (Å²) in [6.07, 6.45) is 0. The third-order valence-electron chi connectivity index (χ3n) is 2.33. The van der Waals surface area contributed by atoms with Gasteiger partial charge in [-0.1, -0.05) is 34.8 Å². The van der Waals surface area contributed by atoms with Crippen molar-refractivity contribution in [2.45, 2.75) is 19.9 Å². The maximum atomic E-state index is 12.3. The molecule has 0 saturated heterocycles. The smallest absolute Gasteiger partial charge is 0.331 e. The number of amides is 1. The molecule has 0 spiro atoms. The van der Waals surface area contributed by atoms with Crippen molar-refractivity contribution in [2.75, 3.05) is 13.7 Å². The van der Waals surface area contributed by atoms with E-state index in [1.165, 1.54) is 14.0 Å². The Kier molecular flexibility index (Phi) is 6.54. The average molecular weight is 361 g/mol. The number of carbonyl (C=O) groups is 2. The Hall–Kier alpha value is -0.530. The first-order valence-electron chi connectivity index (χ1n) is 5.52. The first-order chi connectivity index (χ1) is 9.34. The molecule has 0 aliphatic rings. The van der Waals surface area contributed by atoms with Gasteiger partial charge in [-0.05, 0) is 13.8 Å². The van der Waals surface area contributed by atoms with Gasteiger partial charge in [-0.25, -0.2) is 9.86 Å². The van der Waals surface area contributed by atoms with Crippen molar-refractivity contribution in [1.82, 2.24) is 5.06 Å². The zero-order valence-electron chi connectivity index (χ0n) is 10.9. The van der Waals surface area contributed by atoms with Crippen molar-refractivity contribution in [3.05, 3.63) is 19.3 Å². The van der Waals surface area contributed by atoms with E-state index in [1.54, 1.807) is 6.92 Å². The van der Waals surface area contributed by atoms with Crippen LogP contribution in [0.15, 0.2) is 0 Å². The predicted octanol–water partition coefficient (Wildman–Crippen LogP) is 3.66. The highest BCUT2D eigenvalue weighted by molar-refractivity contribution is 7.19. The summed E-state index contributed by atoms with van der Waals surface area (Å²) in [7, 11) is 1.26. The quantitative estimate of drug-likeness (QED) is 0.594. The molecule has 1 atom stereocenters. The molecule has 0 aliphatic heterocycles. The molecule has 5 nitrogen and oxygen atoms in total. The molecule has 0 N–H and O–H groups in total. The molecule has 1 aromatic heterocycles. The Bertz CT molecular complexity index is 520. The van der Waals surface area contributed by atoms with Crippen LogP contribution in [0.5, 0.6) is 0 Å². The summed E-state index contributed by atoms with van der Waals surface area (Å²) in [6.45, 7) is 3.34. The summed E-state index contributed by atoms with van der Waals surface area (Å²) in [5, 5.41) is 0.994. The van der Waals surface area contributed by atoms with Crippen LogP contribution in [0.25, 0.3) is 0 Å². The monoisotopic (exact) mass is 359 g/mol. The Labute approximate surface area is 135 Å². The lowest BCUT2D eigenvalue weighted by Gasteiger charge is -2.24. The molecule has 9 heteroatoms. The van der Waals surface area contributed by atoms with Crippen LogP contribution in [0.1, 0.15) is 23.5 Å². The molecular weight excluding hydrogens is 349 g/mol. The number of hydroxylamine groups is 2. The Morgan fingerprint density at radius 3 is 2.30 bits per heavy atom. The van der Waals surface area contributed by atoms with Crippen molar-refractivity contribution in [1.29, 1.82) is 0 Å². The fourth-order valence-electron chi connectivity index (χ4n) is 1.38. The van der Waals surface area contributed by atoms with Crippen molar-refractivity contribution in [2.24, 2.45) is 0 Å². The number of hydrogen-bond donors (Lipinski definition) is 0. The predicted molar refractivity (Wildman–Crippen MR) is 78.6 cm³/mol. The molecule has 0 bridgehead atoms. The van der Waals surface area contributed by atoms with E-state index in [-0.39, 0.29) is 25.9 Å². The summed E-state index contributed by atoms with van der Waals surface area (Å²) in [5.41, 5.74) is 0. The lowest BCUT2D eigenvalue weighted by Crippen LogP contribution is -2.43. The van der Waals surface area contributed by atoms with Crippen molar-refractivity contribution in [3.8, 4) is 0 Å². The minimum atomic E-state index is -0.928. The Balaban J connectivity index is 3.03. The van der Waals surface area contributed by atoms with Crippen molar-refractivity contribution >= 4 is 58.0 Å². The lowest BCUT2D eigenvalue weighted by atomic mass is 10.3. The molecule has 112 valence electrons. The molecular formula is C11H12Cl3NO4S. The van der Waals surface area contributed by atoms with Gasteiger partial charge < -0.3 is 4.74 Å². The number of halogens is 3. The zero-order valence-corrected chi connectivity index (χ0v) is 14.0. The number of carbonyl (C=O) groups excluding carboxylic acids is 2. The summed E-state index contributed by atoms with van der Waals surface area (Å²) >= 11 is 18.5. The summed E-state index contributed by atoms with van der Waals surface area (Å²) in [4.78, 5) is 29.0. The van der Waals surface area contributed by atoms with Crippen LogP contribution in [-0.2, 0) is 14.4 Å². The molecule has 20 heavy (non-hydrogen) atoms. The Morgan fingerprint density at radius 2 is 1.90 bits per heavy atom. The molecule has 1 rings (SSSR count). The highest BCUT2D eigenvalue weighted by Crippen LogP contribution is 2.41. The van der Waals surface area contributed by atoms with Crippen LogP contribution in [0.4, 0.5) is 0 Å². The fourth-order valence-corrected chi connectivity index (χ4v) is 3.11. The number of ether oxygens (including phenoxy) is 1. The molecule has 1 unspecified atom stereocenters. The molecule has 1 heterocycles. The van der Waals surface area contributed by atoms with Gasteiger partial charge in [-0.2, -0.15) is 0 Å². The summed E-state index contributed by atoms with van der Waals surface area (Å²) in [6, 6.07) is -0.928. The van der Waals surface area contributed by atoms with Crippen LogP contribution in [0.3, 0.4) is 0 Å². The second-order valence-corrected chi connectivity index (χ2v) is 5.95. The standard InChI is InChI=1S/C11H12Cl3NO4S/c1-4-19-11(17)5(2)15(18-3)10(16)8-6(12)7(13)9(14)20-8/h5H,4H2,1-3H3. The molecule has 0 aromatic carbocycles. The second kappa shape index (κ2) is 7.47. The third-order valence-corrected chi connectivity index (χ3v) is 4.89. The van der Waals surface area contributed by atoms with Gasteiger partial charge in [0.15, 0.2) is 6.04 Å². The van der Waals surface area contributed by atoms with Gasteiger partial charge in [0.05, 0.1) is 23.8 Å². The molecule has 1 aromatic rings. The molecule has 0 fully saturated rings. The molecule has 0 aliphatic carbocycles. The maximum Gasteiger partial charge on any atom is 0.331 e. The lowest BCUT2D eigenvalue weighted by molar-refractivity contribution is -0.168. The number of hydrogen-bond acceptors (Lipinski definition) is 5. The van der Waals surface area contributed by atoms with E-state index in [2.05, 4.69) is 0 Å². The van der Waals surface area contributed by atoms with Crippen LogP contribution in [-0.4, -0.2) is 36.7 Å². The van der Waals surface area contributed by atoms with Crippen LogP contribution < -0.4 is 0 Å². The first kappa shape index (κ1) is 17.5. The maximum absolute atomic E-state index is 12.3. The van der Waals surface area contributed by atoms with E-state index in [0.717, 1.165) is 16.4 Å². The van der Waals surface area contributed by atoms with Gasteiger partial charge in [0.25, 0.3) is 5.91 Å². The second-order valence-electron chi connectivity index (χ2n) is 3.57. The third kappa shape index (κ3) is 3.56. The number of rotatable bonds is 5. The van der Waals surface area contributed by atoms with Crippen LogP contribution >= 0.6 is 46.1 Å². The molecule has 1 amide bonds. The van der Waals surface area contributed by atoms with E-state index in [4.69, 9.17) is 44.4 Å². The van der Waals surface area contributed by atoms with Gasteiger partial charge >= 0.3 is 5.97 Å². The highest BCUT2D eigenvalue weighted by Gasteiger charge is 2.32. The number of thiophene rings is 1. The van der Waals surface area contributed by atoms with Gasteiger partial charge in [-0.15, -0.1) is 11.3 Å². The minimum absolute atomic E-state index is 0.0322.